The van der Waals surface area contributed by atoms with Gasteiger partial charge in [0.25, 0.3) is 0 Å². The Balaban J connectivity index is 2.47. The molecule has 2 rings (SSSR count). The maximum Gasteiger partial charge on any atom is 0.435 e. The van der Waals surface area contributed by atoms with Crippen molar-refractivity contribution in [2.24, 2.45) is 0 Å². The molecule has 0 atom stereocenters. The van der Waals surface area contributed by atoms with Crippen LogP contribution in [-0.2, 0) is 6.18 Å². The number of carboxylic acids is 1. The van der Waals surface area contributed by atoms with Gasteiger partial charge in [-0.15, -0.1) is 0 Å². The van der Waals surface area contributed by atoms with Gasteiger partial charge in [-0.2, -0.15) is 18.3 Å². The summed E-state index contributed by atoms with van der Waals surface area (Å²) in [6.45, 7) is 0. The van der Waals surface area contributed by atoms with Crippen molar-refractivity contribution in [3.63, 3.8) is 0 Å². The first kappa shape index (κ1) is 13.3. The Morgan fingerprint density at radius 3 is 2.58 bits per heavy atom. The van der Waals surface area contributed by atoms with E-state index in [1.807, 2.05) is 0 Å². The van der Waals surface area contributed by atoms with E-state index in [2.05, 4.69) is 10.1 Å². The Kier molecular flexibility index (Phi) is 3.19. The first-order chi connectivity index (χ1) is 8.77. The summed E-state index contributed by atoms with van der Waals surface area (Å²) in [7, 11) is 0. The average Bonchev–Trinajstić information content (AvgIpc) is 2.76. The molecule has 2 aromatic heterocycles. The van der Waals surface area contributed by atoms with Crippen molar-refractivity contribution >= 4 is 17.6 Å². The average molecular weight is 292 g/mol. The van der Waals surface area contributed by atoms with Crippen molar-refractivity contribution in [3.8, 4) is 5.82 Å². The van der Waals surface area contributed by atoms with Gasteiger partial charge >= 0.3 is 12.1 Å². The minimum Gasteiger partial charge on any atom is -0.478 e. The van der Waals surface area contributed by atoms with Crippen LogP contribution in [0.15, 0.2) is 24.4 Å². The molecule has 0 aliphatic rings. The van der Waals surface area contributed by atoms with Crippen molar-refractivity contribution < 1.29 is 23.1 Å². The summed E-state index contributed by atoms with van der Waals surface area (Å²) in [4.78, 5) is 14.5. The van der Waals surface area contributed by atoms with E-state index < -0.39 is 17.8 Å². The molecule has 0 unspecified atom stereocenters. The number of aromatic nitrogens is 3. The van der Waals surface area contributed by atoms with Gasteiger partial charge in [0, 0.05) is 6.20 Å². The summed E-state index contributed by atoms with van der Waals surface area (Å²) in [5.41, 5.74) is -1.30. The van der Waals surface area contributed by atoms with Gasteiger partial charge in [0.1, 0.15) is 5.15 Å². The summed E-state index contributed by atoms with van der Waals surface area (Å²) in [6.07, 6.45) is -3.56. The third kappa shape index (κ3) is 2.84. The van der Waals surface area contributed by atoms with Crippen molar-refractivity contribution in [1.82, 2.24) is 14.8 Å². The minimum atomic E-state index is -4.58. The lowest BCUT2D eigenvalue weighted by Gasteiger charge is -2.04. The molecule has 0 fully saturated rings. The van der Waals surface area contributed by atoms with Gasteiger partial charge in [-0.3, -0.25) is 0 Å². The molecule has 0 spiro atoms. The molecule has 100 valence electrons. The van der Waals surface area contributed by atoms with E-state index in [0.29, 0.717) is 0 Å². The van der Waals surface area contributed by atoms with Crippen LogP contribution < -0.4 is 0 Å². The maximum absolute atomic E-state index is 12.4. The van der Waals surface area contributed by atoms with Gasteiger partial charge < -0.3 is 5.11 Å². The molecule has 9 heteroatoms. The predicted octanol–water partition coefficient (Wildman–Crippen LogP) is 2.64. The molecule has 0 amide bonds. The number of pyridine rings is 1. The van der Waals surface area contributed by atoms with E-state index in [0.717, 1.165) is 29.1 Å². The molecule has 0 radical (unpaired) electrons. The zero-order valence-electron chi connectivity index (χ0n) is 9.02. The highest BCUT2D eigenvalue weighted by molar-refractivity contribution is 6.29. The number of halogens is 4. The lowest BCUT2D eigenvalue weighted by atomic mass is 10.2. The van der Waals surface area contributed by atoms with E-state index in [4.69, 9.17) is 16.7 Å². The van der Waals surface area contributed by atoms with Crippen LogP contribution in [0.1, 0.15) is 16.1 Å². The highest BCUT2D eigenvalue weighted by Crippen LogP contribution is 2.27. The molecule has 19 heavy (non-hydrogen) atoms. The quantitative estimate of drug-likeness (QED) is 0.864. The van der Waals surface area contributed by atoms with Gasteiger partial charge in [0.15, 0.2) is 11.5 Å². The summed E-state index contributed by atoms with van der Waals surface area (Å²) in [5, 5.41) is 11.9. The summed E-state index contributed by atoms with van der Waals surface area (Å²) >= 11 is 5.60. The zero-order chi connectivity index (χ0) is 14.2. The number of alkyl halides is 3. The molecule has 2 aromatic rings. The van der Waals surface area contributed by atoms with Crippen LogP contribution in [0.3, 0.4) is 0 Å². The van der Waals surface area contributed by atoms with Crippen molar-refractivity contribution in [2.75, 3.05) is 0 Å². The zero-order valence-corrected chi connectivity index (χ0v) is 9.77. The van der Waals surface area contributed by atoms with Crippen LogP contribution in [0, 0.1) is 0 Å². The molecule has 0 aliphatic carbocycles. The standard InChI is InChI=1S/C10H5ClF3N3O2/c11-7-3-5(9(18)19)4-8(15-7)17-2-1-6(16-17)10(12,13)14/h1-4H,(H,18,19). The summed E-state index contributed by atoms with van der Waals surface area (Å²) in [6, 6.07) is 2.91. The minimum absolute atomic E-state index is 0.111. The topological polar surface area (TPSA) is 68.0 Å². The van der Waals surface area contributed by atoms with Crippen LogP contribution in [0.4, 0.5) is 13.2 Å². The predicted molar refractivity (Wildman–Crippen MR) is 58.3 cm³/mol. The molecule has 5 nitrogen and oxygen atoms in total. The second kappa shape index (κ2) is 4.54. The van der Waals surface area contributed by atoms with Crippen LogP contribution in [0.2, 0.25) is 5.15 Å². The van der Waals surface area contributed by atoms with Crippen LogP contribution in [0.5, 0.6) is 0 Å². The molecule has 0 aliphatic heterocycles. The van der Waals surface area contributed by atoms with E-state index in [1.165, 1.54) is 0 Å². The third-order valence-electron chi connectivity index (χ3n) is 2.14. The Labute approximate surface area is 109 Å². The first-order valence-electron chi connectivity index (χ1n) is 4.81. The number of hydrogen-bond donors (Lipinski definition) is 1. The molecule has 0 aromatic carbocycles. The third-order valence-corrected chi connectivity index (χ3v) is 2.34. The number of aromatic carboxylic acids is 1. The van der Waals surface area contributed by atoms with Crippen LogP contribution in [-0.4, -0.2) is 25.8 Å². The number of rotatable bonds is 2. The number of carboxylic acid groups (broad SMARTS) is 1. The monoisotopic (exact) mass is 291 g/mol. The van der Waals surface area contributed by atoms with Crippen LogP contribution in [0.25, 0.3) is 5.82 Å². The van der Waals surface area contributed by atoms with Gasteiger partial charge in [-0.05, 0) is 18.2 Å². The fourth-order valence-corrected chi connectivity index (χ4v) is 1.53. The molecule has 2 heterocycles. The highest BCUT2D eigenvalue weighted by Gasteiger charge is 2.33. The van der Waals surface area contributed by atoms with E-state index in [-0.39, 0.29) is 16.5 Å². The summed E-state index contributed by atoms with van der Waals surface area (Å²) in [5.74, 6) is -1.38. The molecular formula is C10H5ClF3N3O2. The van der Waals surface area contributed by atoms with E-state index in [1.54, 1.807) is 0 Å². The number of nitrogens with zero attached hydrogens (tertiary/aromatic N) is 3. The Bertz CT molecular complexity index is 639. The van der Waals surface area contributed by atoms with Gasteiger partial charge in [-0.1, -0.05) is 11.6 Å². The van der Waals surface area contributed by atoms with Crippen molar-refractivity contribution in [3.05, 3.63) is 40.8 Å². The number of carbonyl (C=O) groups is 1. The number of hydrogen-bond acceptors (Lipinski definition) is 3. The lowest BCUT2D eigenvalue weighted by Crippen LogP contribution is -2.08. The molecular weight excluding hydrogens is 287 g/mol. The Morgan fingerprint density at radius 1 is 1.37 bits per heavy atom. The maximum atomic E-state index is 12.4. The largest absolute Gasteiger partial charge is 0.478 e. The van der Waals surface area contributed by atoms with Crippen molar-refractivity contribution in [2.45, 2.75) is 6.18 Å². The van der Waals surface area contributed by atoms with Gasteiger partial charge in [-0.25, -0.2) is 14.5 Å². The van der Waals surface area contributed by atoms with Crippen molar-refractivity contribution in [1.29, 1.82) is 0 Å². The molecule has 1 N–H and O–H groups in total. The fourth-order valence-electron chi connectivity index (χ4n) is 1.33. The molecule has 0 saturated heterocycles. The molecule has 0 bridgehead atoms. The second-order valence-electron chi connectivity index (χ2n) is 3.49. The lowest BCUT2D eigenvalue weighted by molar-refractivity contribution is -0.141. The Hall–Kier alpha value is -2.09. The van der Waals surface area contributed by atoms with E-state index in [9.17, 15) is 18.0 Å². The first-order valence-corrected chi connectivity index (χ1v) is 5.19. The normalized spacial score (nSPS) is 11.6. The van der Waals surface area contributed by atoms with Gasteiger partial charge in [0.05, 0.1) is 5.56 Å². The smallest absolute Gasteiger partial charge is 0.435 e. The highest BCUT2D eigenvalue weighted by atomic mass is 35.5. The second-order valence-corrected chi connectivity index (χ2v) is 3.87. The van der Waals surface area contributed by atoms with E-state index >= 15 is 0 Å². The Morgan fingerprint density at radius 2 is 2.05 bits per heavy atom. The van der Waals surface area contributed by atoms with Crippen LogP contribution >= 0.6 is 11.6 Å². The SMILES string of the molecule is O=C(O)c1cc(Cl)nc(-n2ccc(C(F)(F)F)n2)c1. The summed E-state index contributed by atoms with van der Waals surface area (Å²) < 4.78 is 38.0. The van der Waals surface area contributed by atoms with Gasteiger partial charge in [0.2, 0.25) is 0 Å². The molecule has 0 saturated carbocycles. The fraction of sp³-hybridized carbons (Fsp3) is 0.100.